The Bertz CT molecular complexity index is 1200. The van der Waals surface area contributed by atoms with E-state index in [4.69, 9.17) is 4.74 Å². The van der Waals surface area contributed by atoms with Crippen molar-refractivity contribution in [3.63, 3.8) is 0 Å². The number of H-pyrrole nitrogens is 1. The second-order valence-corrected chi connectivity index (χ2v) is 8.27. The second-order valence-electron chi connectivity index (χ2n) is 8.27. The molecule has 0 radical (unpaired) electrons. The molecule has 4 rings (SSSR count). The molecule has 2 N–H and O–H groups in total. The molecule has 1 aliphatic rings. The van der Waals surface area contributed by atoms with Crippen molar-refractivity contribution in [3.05, 3.63) is 50.2 Å². The number of piperidine rings is 1. The fourth-order valence-electron chi connectivity index (χ4n) is 3.99. The van der Waals surface area contributed by atoms with Gasteiger partial charge in [0.1, 0.15) is 18.5 Å². The van der Waals surface area contributed by atoms with E-state index >= 15 is 0 Å². The number of imidazole rings is 1. The van der Waals surface area contributed by atoms with Crippen molar-refractivity contribution in [1.82, 2.24) is 19.1 Å². The number of hydrogen-bond acceptors (Lipinski definition) is 6. The van der Waals surface area contributed by atoms with Gasteiger partial charge in [-0.3, -0.25) is 14.3 Å². The first-order chi connectivity index (χ1) is 14.8. The minimum atomic E-state index is -0.862. The van der Waals surface area contributed by atoms with E-state index in [9.17, 15) is 14.7 Å². The highest BCUT2D eigenvalue weighted by Gasteiger charge is 2.24. The Morgan fingerprint density at radius 2 is 1.90 bits per heavy atom. The van der Waals surface area contributed by atoms with Crippen LogP contribution in [0, 0.1) is 13.8 Å². The summed E-state index contributed by atoms with van der Waals surface area (Å²) in [6.45, 7) is 5.90. The number of aliphatic hydroxyl groups is 1. The van der Waals surface area contributed by atoms with E-state index in [0.29, 0.717) is 17.3 Å². The van der Waals surface area contributed by atoms with Gasteiger partial charge in [0, 0.05) is 20.1 Å². The first kappa shape index (κ1) is 21.2. The van der Waals surface area contributed by atoms with Gasteiger partial charge in [-0.1, -0.05) is 6.07 Å². The zero-order valence-electron chi connectivity index (χ0n) is 18.2. The third-order valence-corrected chi connectivity index (χ3v) is 5.94. The summed E-state index contributed by atoms with van der Waals surface area (Å²) in [5, 5.41) is 10.7. The number of aromatic nitrogens is 4. The van der Waals surface area contributed by atoms with E-state index in [0.717, 1.165) is 37.9 Å². The van der Waals surface area contributed by atoms with E-state index < -0.39 is 17.4 Å². The van der Waals surface area contributed by atoms with Crippen LogP contribution in [0.4, 0.5) is 5.95 Å². The molecule has 166 valence electrons. The predicted octanol–water partition coefficient (Wildman–Crippen LogP) is 1.47. The second kappa shape index (κ2) is 8.58. The van der Waals surface area contributed by atoms with Gasteiger partial charge in [0.05, 0.1) is 6.54 Å². The Morgan fingerprint density at radius 3 is 2.61 bits per heavy atom. The molecule has 2 aromatic heterocycles. The number of anilines is 1. The molecule has 9 nitrogen and oxygen atoms in total. The molecule has 3 heterocycles. The van der Waals surface area contributed by atoms with Crippen LogP contribution in [0.25, 0.3) is 11.2 Å². The number of rotatable bonds is 6. The molecule has 9 heteroatoms. The molecule has 1 saturated heterocycles. The summed E-state index contributed by atoms with van der Waals surface area (Å²) in [6, 6.07) is 5.80. The highest BCUT2D eigenvalue weighted by Crippen LogP contribution is 2.23. The first-order valence-electron chi connectivity index (χ1n) is 10.7. The standard InChI is InChI=1S/C22H29N5O4/c1-14-7-8-17(11-15(14)2)31-13-16(28)12-27-18-19(25(3)22(30)24-20(18)29)23-21(27)26-9-5-4-6-10-26/h7-8,11,16,28H,4-6,9-10,12-13H2,1-3H3,(H,24,29,30)/t16-/m0/s1. The van der Waals surface area contributed by atoms with Crippen LogP contribution >= 0.6 is 0 Å². The van der Waals surface area contributed by atoms with Crippen molar-refractivity contribution in [3.8, 4) is 5.75 Å². The van der Waals surface area contributed by atoms with Gasteiger partial charge in [0.25, 0.3) is 5.56 Å². The summed E-state index contributed by atoms with van der Waals surface area (Å²) in [4.78, 5) is 33.8. The van der Waals surface area contributed by atoms with Crippen molar-refractivity contribution in [2.45, 2.75) is 45.8 Å². The smallest absolute Gasteiger partial charge is 0.329 e. The van der Waals surface area contributed by atoms with E-state index in [1.165, 1.54) is 10.1 Å². The topological polar surface area (TPSA) is 105 Å². The molecular formula is C22H29N5O4. The third-order valence-electron chi connectivity index (χ3n) is 5.94. The molecule has 3 aromatic rings. The molecule has 1 fully saturated rings. The number of aromatic amines is 1. The quantitative estimate of drug-likeness (QED) is 0.617. The van der Waals surface area contributed by atoms with Crippen LogP contribution in [0.5, 0.6) is 5.75 Å². The Kier molecular flexibility index (Phi) is 5.86. The average Bonchev–Trinajstić information content (AvgIpc) is 3.13. The number of nitrogens with zero attached hydrogens (tertiary/aromatic N) is 4. The lowest BCUT2D eigenvalue weighted by molar-refractivity contribution is 0.0935. The zero-order chi connectivity index (χ0) is 22.1. The van der Waals surface area contributed by atoms with Gasteiger partial charge in [0.15, 0.2) is 11.2 Å². The maximum atomic E-state index is 12.6. The van der Waals surface area contributed by atoms with Gasteiger partial charge in [-0.2, -0.15) is 4.98 Å². The van der Waals surface area contributed by atoms with Gasteiger partial charge in [-0.25, -0.2) is 4.79 Å². The predicted molar refractivity (Wildman–Crippen MR) is 119 cm³/mol. The maximum absolute atomic E-state index is 12.6. The van der Waals surface area contributed by atoms with Crippen molar-refractivity contribution in [2.24, 2.45) is 7.05 Å². The number of aryl methyl sites for hydroxylation is 3. The van der Waals surface area contributed by atoms with Crippen LogP contribution in [0.3, 0.4) is 0 Å². The largest absolute Gasteiger partial charge is 0.491 e. The molecule has 1 aliphatic heterocycles. The molecule has 0 spiro atoms. The summed E-state index contributed by atoms with van der Waals surface area (Å²) in [5.74, 6) is 1.29. The van der Waals surface area contributed by atoms with Gasteiger partial charge < -0.3 is 19.3 Å². The van der Waals surface area contributed by atoms with Gasteiger partial charge in [-0.05, 0) is 56.4 Å². The highest BCUT2D eigenvalue weighted by atomic mass is 16.5. The van der Waals surface area contributed by atoms with Crippen LogP contribution in [-0.4, -0.2) is 50.0 Å². The molecular weight excluding hydrogens is 398 g/mol. The molecule has 31 heavy (non-hydrogen) atoms. The van der Waals surface area contributed by atoms with Gasteiger partial charge in [0.2, 0.25) is 5.95 Å². The molecule has 0 saturated carbocycles. The average molecular weight is 428 g/mol. The minimum absolute atomic E-state index is 0.0747. The molecule has 0 bridgehead atoms. The van der Waals surface area contributed by atoms with Crippen LogP contribution in [0.15, 0.2) is 27.8 Å². The van der Waals surface area contributed by atoms with E-state index in [1.807, 2.05) is 32.0 Å². The van der Waals surface area contributed by atoms with Crippen LogP contribution in [0.1, 0.15) is 30.4 Å². The fraction of sp³-hybridized carbons (Fsp3) is 0.500. The SMILES string of the molecule is Cc1ccc(OC[C@@H](O)Cn2c(N3CCCCC3)nc3c2c(=O)[nH]c(=O)n3C)cc1C. The number of fused-ring (bicyclic) bond motifs is 1. The lowest BCUT2D eigenvalue weighted by atomic mass is 10.1. The fourth-order valence-corrected chi connectivity index (χ4v) is 3.99. The molecule has 1 aromatic carbocycles. The third kappa shape index (κ3) is 4.23. The first-order valence-corrected chi connectivity index (χ1v) is 10.7. The van der Waals surface area contributed by atoms with Crippen LogP contribution in [0.2, 0.25) is 0 Å². The Morgan fingerprint density at radius 1 is 1.16 bits per heavy atom. The zero-order valence-corrected chi connectivity index (χ0v) is 18.2. The Labute approximate surface area is 179 Å². The Hall–Kier alpha value is -3.07. The van der Waals surface area contributed by atoms with E-state index in [1.54, 1.807) is 11.6 Å². The van der Waals surface area contributed by atoms with E-state index in [-0.39, 0.29) is 18.7 Å². The number of aliphatic hydroxyl groups excluding tert-OH is 1. The molecule has 0 aliphatic carbocycles. The molecule has 1 atom stereocenters. The van der Waals surface area contributed by atoms with Crippen molar-refractivity contribution < 1.29 is 9.84 Å². The summed E-state index contributed by atoms with van der Waals surface area (Å²) >= 11 is 0. The van der Waals surface area contributed by atoms with Gasteiger partial charge in [-0.15, -0.1) is 0 Å². The maximum Gasteiger partial charge on any atom is 0.329 e. The van der Waals surface area contributed by atoms with E-state index in [2.05, 4.69) is 14.9 Å². The van der Waals surface area contributed by atoms with Gasteiger partial charge >= 0.3 is 5.69 Å². The molecule has 0 unspecified atom stereocenters. The van der Waals surface area contributed by atoms with Crippen molar-refractivity contribution in [1.29, 1.82) is 0 Å². The number of ether oxygens (including phenoxy) is 1. The Balaban J connectivity index is 1.64. The summed E-state index contributed by atoms with van der Waals surface area (Å²) in [5.41, 5.74) is 1.88. The monoisotopic (exact) mass is 427 g/mol. The minimum Gasteiger partial charge on any atom is -0.491 e. The number of benzene rings is 1. The summed E-state index contributed by atoms with van der Waals surface area (Å²) in [6.07, 6.45) is 2.37. The van der Waals surface area contributed by atoms with Crippen LogP contribution in [-0.2, 0) is 13.6 Å². The van der Waals surface area contributed by atoms with Crippen LogP contribution < -0.4 is 20.9 Å². The number of nitrogens with one attached hydrogen (secondary N) is 1. The number of hydrogen-bond donors (Lipinski definition) is 2. The van der Waals surface area contributed by atoms with Crippen molar-refractivity contribution >= 4 is 17.1 Å². The van der Waals surface area contributed by atoms with Crippen molar-refractivity contribution in [2.75, 3.05) is 24.6 Å². The normalized spacial score (nSPS) is 15.4. The lowest BCUT2D eigenvalue weighted by Gasteiger charge is -2.28. The lowest BCUT2D eigenvalue weighted by Crippen LogP contribution is -2.34. The highest BCUT2D eigenvalue weighted by molar-refractivity contribution is 5.74. The summed E-state index contributed by atoms with van der Waals surface area (Å²) < 4.78 is 8.83. The summed E-state index contributed by atoms with van der Waals surface area (Å²) in [7, 11) is 1.58. The molecule has 0 amide bonds.